The summed E-state index contributed by atoms with van der Waals surface area (Å²) in [5, 5.41) is 22.9. The maximum atomic E-state index is 11.4. The van der Waals surface area contributed by atoms with Crippen LogP contribution in [0.5, 0.6) is 0 Å². The van der Waals surface area contributed by atoms with E-state index in [0.29, 0.717) is 22.4 Å². The van der Waals surface area contributed by atoms with E-state index in [0.717, 1.165) is 0 Å². The molecule has 1 aliphatic heterocycles. The lowest BCUT2D eigenvalue weighted by Gasteiger charge is -2.45. The first-order valence-corrected chi connectivity index (χ1v) is 4.90. The van der Waals surface area contributed by atoms with Crippen LogP contribution in [-0.2, 0) is 4.79 Å². The fourth-order valence-corrected chi connectivity index (χ4v) is 2.17. The minimum Gasteiger partial charge on any atom is -0.613 e. The molecule has 6 heteroatoms. The number of primary amides is 1. The molecule has 1 aromatic rings. The van der Waals surface area contributed by atoms with Crippen LogP contribution in [-0.4, -0.2) is 10.1 Å². The summed E-state index contributed by atoms with van der Waals surface area (Å²) in [6, 6.07) is 6.83. The molecule has 1 aliphatic rings. The number of carbonyl (C=O) groups excluding carboxylic acids is 1. The van der Waals surface area contributed by atoms with Crippen LogP contribution in [0.4, 0.5) is 0 Å². The Labute approximate surface area is 90.1 Å². The molecule has 1 aromatic carbocycles. The number of amides is 1. The quantitative estimate of drug-likeness (QED) is 0.442. The lowest BCUT2D eigenvalue weighted by Crippen LogP contribution is -2.35. The molecule has 2 rings (SSSR count). The van der Waals surface area contributed by atoms with Gasteiger partial charge in [-0.25, -0.2) is 0 Å². The molecule has 0 saturated carbocycles. The van der Waals surface area contributed by atoms with E-state index in [4.69, 9.17) is 5.73 Å². The molecule has 0 radical (unpaired) electrons. The van der Waals surface area contributed by atoms with Gasteiger partial charge in [0.1, 0.15) is 11.9 Å². The molecule has 0 fully saturated rings. The van der Waals surface area contributed by atoms with Gasteiger partial charge in [0.05, 0.1) is 4.90 Å². The number of nitrogens with two attached hydrogens (primary N) is 1. The Kier molecular flexibility index (Phi) is 2.28. The first kappa shape index (κ1) is 10.2. The van der Waals surface area contributed by atoms with Crippen molar-refractivity contribution in [2.75, 3.05) is 0 Å². The van der Waals surface area contributed by atoms with Crippen molar-refractivity contribution in [1.29, 1.82) is 0 Å². The number of hydrogen-bond acceptors (Lipinski definition) is 4. The lowest BCUT2D eigenvalue weighted by atomic mass is 10.2. The molecule has 2 N–H and O–H groups in total. The Bertz CT molecular complexity index is 456. The molecular weight excluding hydrogens is 216 g/mol. The Hall–Kier alpha value is -1.34. The third kappa shape index (κ3) is 1.75. The van der Waals surface area contributed by atoms with Crippen molar-refractivity contribution in [3.63, 3.8) is 0 Å². The predicted octanol–water partition coefficient (Wildman–Crippen LogP) is 1.35. The van der Waals surface area contributed by atoms with Gasteiger partial charge in [-0.3, -0.25) is 9.01 Å². The van der Waals surface area contributed by atoms with Crippen molar-refractivity contribution in [3.8, 4) is 0 Å². The molecular formula is C9H7N2O3S-. The van der Waals surface area contributed by atoms with Gasteiger partial charge in [0, 0.05) is 6.08 Å². The molecule has 1 heterocycles. The third-order valence-electron chi connectivity index (χ3n) is 1.98. The molecule has 1 amide bonds. The summed E-state index contributed by atoms with van der Waals surface area (Å²) in [4.78, 5) is 11.5. The molecule has 0 unspecified atom stereocenters. The van der Waals surface area contributed by atoms with E-state index in [-0.39, 0.29) is 0 Å². The Morgan fingerprint density at radius 1 is 1.33 bits per heavy atom. The molecule has 78 valence electrons. The normalized spacial score (nSPS) is 17.9. The molecule has 0 aromatic heterocycles. The fourth-order valence-electron chi connectivity index (χ4n) is 1.29. The van der Waals surface area contributed by atoms with Crippen molar-refractivity contribution in [2.45, 2.75) is 4.90 Å². The summed E-state index contributed by atoms with van der Waals surface area (Å²) >= 11 is 0.508. The minimum absolute atomic E-state index is 0.487. The van der Waals surface area contributed by atoms with E-state index in [9.17, 15) is 15.2 Å². The summed E-state index contributed by atoms with van der Waals surface area (Å²) in [6.45, 7) is 0. The van der Waals surface area contributed by atoms with Crippen molar-refractivity contribution in [2.24, 2.45) is 5.73 Å². The highest BCUT2D eigenvalue weighted by Gasteiger charge is 2.28. The van der Waals surface area contributed by atoms with Crippen molar-refractivity contribution in [3.05, 3.63) is 45.9 Å². The van der Waals surface area contributed by atoms with Gasteiger partial charge in [0.2, 0.25) is 5.70 Å². The van der Waals surface area contributed by atoms with Crippen LogP contribution < -0.4 is 5.73 Å². The van der Waals surface area contributed by atoms with Gasteiger partial charge in [0.15, 0.2) is 0 Å². The Balaban J connectivity index is 2.57. The zero-order chi connectivity index (χ0) is 11.1. The van der Waals surface area contributed by atoms with E-state index in [1.54, 1.807) is 24.3 Å². The number of quaternary nitrogens is 1. The van der Waals surface area contributed by atoms with Crippen LogP contribution in [0.3, 0.4) is 0 Å². The summed E-state index contributed by atoms with van der Waals surface area (Å²) in [7, 11) is 0. The average molecular weight is 223 g/mol. The van der Waals surface area contributed by atoms with E-state index in [1.165, 1.54) is 6.08 Å². The summed E-state index contributed by atoms with van der Waals surface area (Å²) in [5.41, 5.74) is 5.14. The Morgan fingerprint density at radius 2 is 2.00 bits per heavy atom. The SMILES string of the molecule is NC(=O)C1=Cc2ccccc2S[N+]1([O-])[O-]. The van der Waals surface area contributed by atoms with E-state index in [1.807, 2.05) is 0 Å². The smallest absolute Gasteiger partial charge is 0.304 e. The number of benzene rings is 1. The van der Waals surface area contributed by atoms with Crippen LogP contribution >= 0.6 is 11.9 Å². The summed E-state index contributed by atoms with van der Waals surface area (Å²) in [6.07, 6.45) is 1.24. The van der Waals surface area contributed by atoms with E-state index < -0.39 is 15.8 Å². The maximum absolute atomic E-state index is 11.4. The fraction of sp³-hybridized carbons (Fsp3) is 0. The number of rotatable bonds is 1. The number of fused-ring (bicyclic) bond motifs is 1. The molecule has 5 nitrogen and oxygen atoms in total. The van der Waals surface area contributed by atoms with Gasteiger partial charge in [-0.05, 0) is 11.6 Å². The van der Waals surface area contributed by atoms with Crippen molar-refractivity contribution in [1.82, 2.24) is 0 Å². The number of nitrogens with zero attached hydrogens (tertiary/aromatic N) is 1. The second-order valence-electron chi connectivity index (χ2n) is 3.02. The molecule has 0 spiro atoms. The van der Waals surface area contributed by atoms with Crippen LogP contribution in [0.25, 0.3) is 6.08 Å². The van der Waals surface area contributed by atoms with Crippen LogP contribution in [0.2, 0.25) is 0 Å². The van der Waals surface area contributed by atoms with Gasteiger partial charge in [-0.1, -0.05) is 18.2 Å². The number of hydroxylamine groups is 2. The summed E-state index contributed by atoms with van der Waals surface area (Å²) in [5.74, 6) is -0.984. The third-order valence-corrected chi connectivity index (χ3v) is 2.98. The van der Waals surface area contributed by atoms with Gasteiger partial charge >= 0.3 is 5.91 Å². The minimum atomic E-state index is -2.06. The van der Waals surface area contributed by atoms with Crippen molar-refractivity contribution >= 4 is 23.9 Å². The zero-order valence-electron chi connectivity index (χ0n) is 7.54. The monoisotopic (exact) mass is 223 g/mol. The van der Waals surface area contributed by atoms with Crippen LogP contribution in [0, 0.1) is 10.4 Å². The molecule has 0 bridgehead atoms. The van der Waals surface area contributed by atoms with Crippen LogP contribution in [0.1, 0.15) is 5.56 Å². The van der Waals surface area contributed by atoms with Crippen LogP contribution in [0.15, 0.2) is 34.9 Å². The van der Waals surface area contributed by atoms with Gasteiger partial charge in [0.25, 0.3) is 0 Å². The topological polar surface area (TPSA) is 89.2 Å². The largest absolute Gasteiger partial charge is 0.613 e. The number of hydrogen-bond donors (Lipinski definition) is 1. The van der Waals surface area contributed by atoms with Crippen molar-refractivity contribution < 1.29 is 9.01 Å². The van der Waals surface area contributed by atoms with E-state index in [2.05, 4.69) is 0 Å². The highest BCUT2D eigenvalue weighted by Crippen LogP contribution is 2.41. The number of carbonyl (C=O) groups is 1. The zero-order valence-corrected chi connectivity index (χ0v) is 8.36. The van der Waals surface area contributed by atoms with Gasteiger partial charge in [-0.2, -0.15) is 0 Å². The molecule has 15 heavy (non-hydrogen) atoms. The lowest BCUT2D eigenvalue weighted by molar-refractivity contribution is -0.629. The summed E-state index contributed by atoms with van der Waals surface area (Å²) < 4.78 is -2.06. The standard InChI is InChI=1S/C9H7N2O3S/c10-9(12)7-5-6-3-1-2-4-8(6)15-11(7,13)14/h1-5H,(H2,10,12)/q-1. The molecule has 0 aliphatic carbocycles. The molecule has 0 atom stereocenters. The first-order chi connectivity index (χ1) is 7.00. The average Bonchev–Trinajstić information content (AvgIpc) is 2.14. The second kappa shape index (κ2) is 3.35. The maximum Gasteiger partial charge on any atom is 0.304 e. The molecule has 0 saturated heterocycles. The van der Waals surface area contributed by atoms with Gasteiger partial charge in [-0.15, -0.1) is 0 Å². The first-order valence-electron chi connectivity index (χ1n) is 4.12. The highest BCUT2D eigenvalue weighted by atomic mass is 32.2. The highest BCUT2D eigenvalue weighted by molar-refractivity contribution is 7.94. The van der Waals surface area contributed by atoms with Gasteiger partial charge < -0.3 is 16.1 Å². The second-order valence-corrected chi connectivity index (χ2v) is 4.12. The van der Waals surface area contributed by atoms with E-state index >= 15 is 0 Å². The predicted molar refractivity (Wildman–Crippen MR) is 56.5 cm³/mol. The Morgan fingerprint density at radius 3 is 2.67 bits per heavy atom.